The minimum atomic E-state index is 0.201. The average Bonchev–Trinajstić information content (AvgIpc) is 3.37. The smallest absolute Gasteiger partial charge is 0.263 e. The van der Waals surface area contributed by atoms with Gasteiger partial charge in [0, 0.05) is 32.7 Å². The molecule has 0 aliphatic carbocycles. The van der Waals surface area contributed by atoms with Crippen LogP contribution in [0.4, 0.5) is 0 Å². The molecule has 0 N–H and O–H groups in total. The summed E-state index contributed by atoms with van der Waals surface area (Å²) in [6, 6.07) is 10.1. The van der Waals surface area contributed by atoms with Crippen molar-refractivity contribution in [3.63, 3.8) is 0 Å². The molecule has 5 rings (SSSR count). The number of hydrogen-bond acceptors (Lipinski definition) is 5. The third-order valence-corrected chi connectivity index (χ3v) is 6.28. The van der Waals surface area contributed by atoms with E-state index in [1.54, 1.807) is 0 Å². The number of carbonyl (C=O) groups is 1. The first kappa shape index (κ1) is 15.2. The zero-order valence-corrected chi connectivity index (χ0v) is 14.7. The Morgan fingerprint density at radius 1 is 1.08 bits per heavy atom. The fraction of sp³-hybridized carbons (Fsp3) is 0.421. The Kier molecular flexibility index (Phi) is 3.68. The SMILES string of the molecule is O=C(c1cccs1)N1C[C@H]2CN(Cc3ccc4c(c3)OCO4)C[C@H]2C1. The first-order valence-corrected chi connectivity index (χ1v) is 9.58. The Labute approximate surface area is 150 Å². The maximum atomic E-state index is 12.5. The van der Waals surface area contributed by atoms with Crippen molar-refractivity contribution in [2.24, 2.45) is 11.8 Å². The van der Waals surface area contributed by atoms with E-state index in [0.29, 0.717) is 18.6 Å². The van der Waals surface area contributed by atoms with Gasteiger partial charge in [0.2, 0.25) is 6.79 Å². The van der Waals surface area contributed by atoms with E-state index >= 15 is 0 Å². The molecule has 2 saturated heterocycles. The van der Waals surface area contributed by atoms with Gasteiger partial charge in [-0.15, -0.1) is 11.3 Å². The van der Waals surface area contributed by atoms with Crippen molar-refractivity contribution < 1.29 is 14.3 Å². The molecule has 2 aromatic rings. The number of likely N-dealkylation sites (tertiary alicyclic amines) is 2. The summed E-state index contributed by atoms with van der Waals surface area (Å²) in [6.45, 7) is 5.15. The summed E-state index contributed by atoms with van der Waals surface area (Å²) in [6.07, 6.45) is 0. The topological polar surface area (TPSA) is 42.0 Å². The molecule has 5 nitrogen and oxygen atoms in total. The predicted octanol–water partition coefficient (Wildman–Crippen LogP) is 2.68. The maximum Gasteiger partial charge on any atom is 0.263 e. The van der Waals surface area contributed by atoms with Gasteiger partial charge < -0.3 is 14.4 Å². The van der Waals surface area contributed by atoms with Gasteiger partial charge in [-0.05, 0) is 41.0 Å². The summed E-state index contributed by atoms with van der Waals surface area (Å²) in [7, 11) is 0. The van der Waals surface area contributed by atoms with Crippen LogP contribution in [-0.2, 0) is 6.54 Å². The van der Waals surface area contributed by atoms with Gasteiger partial charge in [-0.2, -0.15) is 0 Å². The molecule has 3 aliphatic heterocycles. The van der Waals surface area contributed by atoms with Crippen molar-refractivity contribution in [3.05, 3.63) is 46.2 Å². The molecule has 0 bridgehead atoms. The number of hydrogen-bond donors (Lipinski definition) is 0. The number of thiophene rings is 1. The zero-order chi connectivity index (χ0) is 16.8. The summed E-state index contributed by atoms with van der Waals surface area (Å²) in [5.74, 6) is 3.08. The van der Waals surface area contributed by atoms with Gasteiger partial charge in [0.1, 0.15) is 0 Å². The van der Waals surface area contributed by atoms with E-state index in [-0.39, 0.29) is 5.91 Å². The lowest BCUT2D eigenvalue weighted by atomic mass is 10.0. The molecule has 1 aromatic carbocycles. The normalized spacial score (nSPS) is 24.7. The van der Waals surface area contributed by atoms with Crippen molar-refractivity contribution in [2.75, 3.05) is 33.0 Å². The third kappa shape index (κ3) is 2.79. The van der Waals surface area contributed by atoms with E-state index in [9.17, 15) is 4.79 Å². The van der Waals surface area contributed by atoms with Gasteiger partial charge >= 0.3 is 0 Å². The molecule has 0 radical (unpaired) electrons. The molecule has 0 unspecified atom stereocenters. The minimum absolute atomic E-state index is 0.201. The quantitative estimate of drug-likeness (QED) is 0.848. The van der Waals surface area contributed by atoms with Gasteiger partial charge in [-0.3, -0.25) is 9.69 Å². The highest BCUT2D eigenvalue weighted by Crippen LogP contribution is 2.35. The van der Waals surface area contributed by atoms with Gasteiger partial charge in [0.25, 0.3) is 5.91 Å². The standard InChI is InChI=1S/C19H20N2O3S/c22-19(18-2-1-5-25-18)21-10-14-8-20(9-15(14)11-21)7-13-3-4-16-17(6-13)24-12-23-16/h1-6,14-15H,7-12H2/t14-,15+. The minimum Gasteiger partial charge on any atom is -0.454 e. The highest BCUT2D eigenvalue weighted by molar-refractivity contribution is 7.12. The highest BCUT2D eigenvalue weighted by atomic mass is 32.1. The lowest BCUT2D eigenvalue weighted by Crippen LogP contribution is -2.32. The second-order valence-corrected chi connectivity index (χ2v) is 8.04. The van der Waals surface area contributed by atoms with E-state index in [2.05, 4.69) is 17.0 Å². The van der Waals surface area contributed by atoms with Crippen LogP contribution in [0.3, 0.4) is 0 Å². The van der Waals surface area contributed by atoms with E-state index in [1.165, 1.54) is 16.9 Å². The largest absolute Gasteiger partial charge is 0.454 e. The first-order valence-electron chi connectivity index (χ1n) is 8.70. The Bertz CT molecular complexity index is 778. The molecule has 4 heterocycles. The summed E-state index contributed by atoms with van der Waals surface area (Å²) in [5.41, 5.74) is 1.26. The second-order valence-electron chi connectivity index (χ2n) is 7.09. The van der Waals surface area contributed by atoms with Crippen molar-refractivity contribution in [1.29, 1.82) is 0 Å². The van der Waals surface area contributed by atoms with Crippen LogP contribution < -0.4 is 9.47 Å². The molecular weight excluding hydrogens is 336 g/mol. The fourth-order valence-electron chi connectivity index (χ4n) is 4.24. The molecule has 0 saturated carbocycles. The lowest BCUT2D eigenvalue weighted by Gasteiger charge is -2.21. The number of nitrogens with zero attached hydrogens (tertiary/aromatic N) is 2. The summed E-state index contributed by atoms with van der Waals surface area (Å²) < 4.78 is 10.8. The van der Waals surface area contributed by atoms with Crippen LogP contribution in [0.1, 0.15) is 15.2 Å². The molecule has 130 valence electrons. The van der Waals surface area contributed by atoms with Crippen molar-refractivity contribution in [2.45, 2.75) is 6.54 Å². The number of carbonyl (C=O) groups excluding carboxylic acids is 1. The van der Waals surface area contributed by atoms with Crippen LogP contribution in [0.25, 0.3) is 0 Å². The van der Waals surface area contributed by atoms with Crippen LogP contribution in [0, 0.1) is 11.8 Å². The first-order chi connectivity index (χ1) is 12.3. The third-order valence-electron chi connectivity index (χ3n) is 5.42. The van der Waals surface area contributed by atoms with Gasteiger partial charge in [0.15, 0.2) is 11.5 Å². The van der Waals surface area contributed by atoms with Gasteiger partial charge in [-0.1, -0.05) is 12.1 Å². The summed E-state index contributed by atoms with van der Waals surface area (Å²) >= 11 is 1.53. The number of fused-ring (bicyclic) bond motifs is 2. The van der Waals surface area contributed by atoms with Crippen LogP contribution in [0.5, 0.6) is 11.5 Å². The summed E-state index contributed by atoms with van der Waals surface area (Å²) in [4.78, 5) is 17.9. The maximum absolute atomic E-state index is 12.5. The Morgan fingerprint density at radius 3 is 2.64 bits per heavy atom. The van der Waals surface area contributed by atoms with Crippen molar-refractivity contribution in [1.82, 2.24) is 9.80 Å². The lowest BCUT2D eigenvalue weighted by molar-refractivity contribution is 0.0778. The van der Waals surface area contributed by atoms with Crippen LogP contribution in [0.2, 0.25) is 0 Å². The van der Waals surface area contributed by atoms with Crippen LogP contribution in [0.15, 0.2) is 35.7 Å². The molecule has 2 atom stereocenters. The number of benzene rings is 1. The number of ether oxygens (including phenoxy) is 2. The molecule has 25 heavy (non-hydrogen) atoms. The highest BCUT2D eigenvalue weighted by Gasteiger charge is 2.41. The molecular formula is C19H20N2O3S. The molecule has 6 heteroatoms. The second kappa shape index (κ2) is 6.04. The Balaban J connectivity index is 1.20. The monoisotopic (exact) mass is 356 g/mol. The van der Waals surface area contributed by atoms with Gasteiger partial charge in [-0.25, -0.2) is 0 Å². The molecule has 3 aliphatic rings. The molecule has 0 spiro atoms. The van der Waals surface area contributed by atoms with Crippen molar-refractivity contribution in [3.8, 4) is 11.5 Å². The number of rotatable bonds is 3. The Hall–Kier alpha value is -2.05. The van der Waals surface area contributed by atoms with Crippen molar-refractivity contribution >= 4 is 17.2 Å². The average molecular weight is 356 g/mol. The van der Waals surface area contributed by atoms with Crippen LogP contribution in [-0.4, -0.2) is 48.7 Å². The van der Waals surface area contributed by atoms with E-state index in [0.717, 1.165) is 49.1 Å². The number of amides is 1. The Morgan fingerprint density at radius 2 is 1.88 bits per heavy atom. The molecule has 2 fully saturated rings. The van der Waals surface area contributed by atoms with Gasteiger partial charge in [0.05, 0.1) is 4.88 Å². The van der Waals surface area contributed by atoms with Crippen LogP contribution >= 0.6 is 11.3 Å². The fourth-order valence-corrected chi connectivity index (χ4v) is 4.93. The molecule has 1 amide bonds. The van der Waals surface area contributed by atoms with E-state index in [1.807, 2.05) is 28.5 Å². The molecule has 1 aromatic heterocycles. The zero-order valence-electron chi connectivity index (χ0n) is 13.9. The predicted molar refractivity (Wildman–Crippen MR) is 95.0 cm³/mol. The van der Waals surface area contributed by atoms with E-state index in [4.69, 9.17) is 9.47 Å². The van der Waals surface area contributed by atoms with E-state index < -0.39 is 0 Å². The summed E-state index contributed by atoms with van der Waals surface area (Å²) in [5, 5.41) is 1.97.